The summed E-state index contributed by atoms with van der Waals surface area (Å²) in [4.78, 5) is 4.75. The zero-order valence-electron chi connectivity index (χ0n) is 10.4. The lowest BCUT2D eigenvalue weighted by molar-refractivity contribution is 0.186. The quantitative estimate of drug-likeness (QED) is 0.821. The predicted molar refractivity (Wildman–Crippen MR) is 72.6 cm³/mol. The van der Waals surface area contributed by atoms with E-state index in [-0.39, 0.29) is 0 Å². The molecule has 1 N–H and O–H groups in total. The van der Waals surface area contributed by atoms with Crippen LogP contribution < -0.4 is 5.32 Å². The average molecular weight is 254 g/mol. The second kappa shape index (κ2) is 5.19. The molecular weight excluding hydrogens is 232 g/mol. The van der Waals surface area contributed by atoms with Gasteiger partial charge in [-0.25, -0.2) is 0 Å². The summed E-state index contributed by atoms with van der Waals surface area (Å²) in [6, 6.07) is 0. The predicted octanol–water partition coefficient (Wildman–Crippen LogP) is 2.28. The highest BCUT2D eigenvalue weighted by Gasteiger charge is 2.36. The van der Waals surface area contributed by atoms with Gasteiger partial charge in [0.25, 0.3) is 0 Å². The molecule has 3 rings (SSSR count). The molecule has 1 saturated heterocycles. The van der Waals surface area contributed by atoms with Crippen LogP contribution in [0.3, 0.4) is 0 Å². The third-order valence-corrected chi connectivity index (χ3v) is 5.61. The highest BCUT2D eigenvalue weighted by molar-refractivity contribution is 8.13. The third kappa shape index (κ3) is 2.79. The van der Waals surface area contributed by atoms with E-state index in [0.717, 1.165) is 26.3 Å². The molecule has 0 radical (unpaired) electrons. The third-order valence-electron chi connectivity index (χ3n) is 4.30. The van der Waals surface area contributed by atoms with E-state index < -0.39 is 0 Å². The number of rotatable bonds is 2. The molecule has 2 aliphatic heterocycles. The molecule has 1 spiro atoms. The van der Waals surface area contributed by atoms with Gasteiger partial charge in [-0.3, -0.25) is 4.99 Å². The highest BCUT2D eigenvalue weighted by atomic mass is 32.2. The number of hydrogen-bond acceptors (Lipinski definition) is 4. The summed E-state index contributed by atoms with van der Waals surface area (Å²) in [5, 5.41) is 4.68. The van der Waals surface area contributed by atoms with E-state index in [1.165, 1.54) is 43.0 Å². The summed E-state index contributed by atoms with van der Waals surface area (Å²) in [7, 11) is 0. The zero-order valence-corrected chi connectivity index (χ0v) is 11.2. The summed E-state index contributed by atoms with van der Waals surface area (Å²) in [5.41, 5.74) is 0.562. The standard InChI is InChI=1S/C13H22N2OS/c1-2-5-13(4-1)9-15-12(17-10-13)14-7-11-3-6-16-8-11/h11H,1-10H2,(H,14,15). The molecule has 0 aromatic rings. The summed E-state index contributed by atoms with van der Waals surface area (Å²) >= 11 is 1.94. The maximum absolute atomic E-state index is 5.39. The van der Waals surface area contributed by atoms with E-state index in [1.807, 2.05) is 11.8 Å². The molecule has 0 bridgehead atoms. The summed E-state index contributed by atoms with van der Waals surface area (Å²) in [6.07, 6.45) is 6.83. The van der Waals surface area contributed by atoms with Crippen molar-refractivity contribution in [2.75, 3.05) is 32.1 Å². The van der Waals surface area contributed by atoms with Crippen molar-refractivity contribution in [3.63, 3.8) is 0 Å². The van der Waals surface area contributed by atoms with Crippen molar-refractivity contribution in [2.24, 2.45) is 16.3 Å². The molecular formula is C13H22N2OS. The fourth-order valence-corrected chi connectivity index (χ4v) is 4.23. The van der Waals surface area contributed by atoms with Crippen LogP contribution in [0.5, 0.6) is 0 Å². The second-order valence-corrected chi connectivity index (χ2v) is 6.69. The molecule has 1 atom stereocenters. The fourth-order valence-electron chi connectivity index (χ4n) is 3.06. The van der Waals surface area contributed by atoms with Gasteiger partial charge in [0.05, 0.1) is 6.61 Å². The van der Waals surface area contributed by atoms with E-state index in [9.17, 15) is 0 Å². The van der Waals surface area contributed by atoms with E-state index in [4.69, 9.17) is 9.73 Å². The first kappa shape index (κ1) is 11.8. The summed E-state index contributed by atoms with van der Waals surface area (Å²) in [6.45, 7) is 3.96. The van der Waals surface area contributed by atoms with Crippen LogP contribution in [0.15, 0.2) is 4.99 Å². The van der Waals surface area contributed by atoms with Crippen LogP contribution in [0.25, 0.3) is 0 Å². The molecule has 3 aliphatic rings. The molecule has 1 unspecified atom stereocenters. The lowest BCUT2D eigenvalue weighted by Crippen LogP contribution is -2.35. The largest absolute Gasteiger partial charge is 0.381 e. The van der Waals surface area contributed by atoms with Crippen LogP contribution in [0, 0.1) is 11.3 Å². The molecule has 0 amide bonds. The number of nitrogens with zero attached hydrogens (tertiary/aromatic N) is 1. The van der Waals surface area contributed by atoms with Gasteiger partial charge in [0.1, 0.15) is 0 Å². The molecule has 96 valence electrons. The van der Waals surface area contributed by atoms with Crippen LogP contribution in [0.2, 0.25) is 0 Å². The number of hydrogen-bond donors (Lipinski definition) is 1. The lowest BCUT2D eigenvalue weighted by atomic mass is 9.89. The Hall–Kier alpha value is -0.220. The summed E-state index contributed by atoms with van der Waals surface area (Å²) < 4.78 is 5.39. The molecule has 2 heterocycles. The first-order valence-electron chi connectivity index (χ1n) is 6.85. The van der Waals surface area contributed by atoms with Crippen LogP contribution >= 0.6 is 11.8 Å². The maximum atomic E-state index is 5.39. The van der Waals surface area contributed by atoms with Crippen LogP contribution in [0.4, 0.5) is 0 Å². The van der Waals surface area contributed by atoms with Crippen LogP contribution in [-0.2, 0) is 4.74 Å². The Morgan fingerprint density at radius 2 is 2.29 bits per heavy atom. The van der Waals surface area contributed by atoms with Gasteiger partial charge in [-0.1, -0.05) is 24.6 Å². The zero-order chi connectivity index (χ0) is 11.6. The SMILES string of the molecule is C1CCC2(C1)CN=C(NCC1CCOC1)SC2. The normalized spacial score (nSPS) is 31.8. The highest BCUT2D eigenvalue weighted by Crippen LogP contribution is 2.43. The van der Waals surface area contributed by atoms with Crippen LogP contribution in [0.1, 0.15) is 32.1 Å². The van der Waals surface area contributed by atoms with E-state index in [0.29, 0.717) is 11.3 Å². The maximum Gasteiger partial charge on any atom is 0.156 e. The van der Waals surface area contributed by atoms with Gasteiger partial charge < -0.3 is 10.1 Å². The fraction of sp³-hybridized carbons (Fsp3) is 0.923. The Balaban J connectivity index is 1.47. The van der Waals surface area contributed by atoms with Gasteiger partial charge in [-0.05, 0) is 24.7 Å². The van der Waals surface area contributed by atoms with Gasteiger partial charge in [0.2, 0.25) is 0 Å². The Bertz CT molecular complexity index is 294. The first-order chi connectivity index (χ1) is 8.36. The number of nitrogens with one attached hydrogen (secondary N) is 1. The Morgan fingerprint density at radius 3 is 2.94 bits per heavy atom. The van der Waals surface area contributed by atoms with Crippen molar-refractivity contribution in [1.82, 2.24) is 5.32 Å². The van der Waals surface area contributed by atoms with Crippen molar-refractivity contribution < 1.29 is 4.74 Å². The minimum absolute atomic E-state index is 0.562. The van der Waals surface area contributed by atoms with E-state index in [2.05, 4.69) is 5.32 Å². The van der Waals surface area contributed by atoms with Gasteiger partial charge in [0.15, 0.2) is 5.17 Å². The van der Waals surface area contributed by atoms with E-state index >= 15 is 0 Å². The lowest BCUT2D eigenvalue weighted by Gasteiger charge is -2.31. The molecule has 2 fully saturated rings. The monoisotopic (exact) mass is 254 g/mol. The summed E-state index contributed by atoms with van der Waals surface area (Å²) in [5.74, 6) is 1.97. The Morgan fingerprint density at radius 1 is 1.41 bits per heavy atom. The number of ether oxygens (including phenoxy) is 1. The molecule has 3 nitrogen and oxygen atoms in total. The molecule has 1 aliphatic carbocycles. The Labute approximate surface area is 108 Å². The number of aliphatic imine (C=N–C) groups is 1. The average Bonchev–Trinajstić information content (AvgIpc) is 3.01. The second-order valence-electron chi connectivity index (χ2n) is 5.73. The topological polar surface area (TPSA) is 33.6 Å². The smallest absolute Gasteiger partial charge is 0.156 e. The number of amidine groups is 1. The molecule has 0 aromatic carbocycles. The van der Waals surface area contributed by atoms with Gasteiger partial charge >= 0.3 is 0 Å². The van der Waals surface area contributed by atoms with Crippen molar-refractivity contribution in [3.05, 3.63) is 0 Å². The van der Waals surface area contributed by atoms with Gasteiger partial charge in [-0.15, -0.1) is 0 Å². The van der Waals surface area contributed by atoms with Crippen LogP contribution in [-0.4, -0.2) is 37.2 Å². The molecule has 4 heteroatoms. The number of thioether (sulfide) groups is 1. The van der Waals surface area contributed by atoms with Gasteiger partial charge in [-0.2, -0.15) is 0 Å². The molecule has 17 heavy (non-hydrogen) atoms. The van der Waals surface area contributed by atoms with Crippen molar-refractivity contribution in [1.29, 1.82) is 0 Å². The minimum atomic E-state index is 0.562. The minimum Gasteiger partial charge on any atom is -0.381 e. The van der Waals surface area contributed by atoms with Gasteiger partial charge in [0, 0.05) is 31.4 Å². The van der Waals surface area contributed by atoms with Crippen molar-refractivity contribution in [3.8, 4) is 0 Å². The molecule has 0 aromatic heterocycles. The van der Waals surface area contributed by atoms with Crippen molar-refractivity contribution in [2.45, 2.75) is 32.1 Å². The Kier molecular flexibility index (Phi) is 3.61. The van der Waals surface area contributed by atoms with E-state index in [1.54, 1.807) is 0 Å². The molecule has 1 saturated carbocycles. The first-order valence-corrected chi connectivity index (χ1v) is 7.84. The van der Waals surface area contributed by atoms with Crippen molar-refractivity contribution >= 4 is 16.9 Å².